The van der Waals surface area contributed by atoms with Crippen molar-refractivity contribution >= 4 is 53.5 Å². The maximum atomic E-state index is 13.2. The summed E-state index contributed by atoms with van der Waals surface area (Å²) >= 11 is 0. The molecule has 1 atom stereocenters. The first kappa shape index (κ1) is 27.7. The van der Waals surface area contributed by atoms with Crippen LogP contribution in [0.5, 0.6) is 5.75 Å². The van der Waals surface area contributed by atoms with Crippen molar-refractivity contribution in [3.63, 3.8) is 0 Å². The number of aliphatic carboxylic acids is 1. The van der Waals surface area contributed by atoms with Gasteiger partial charge < -0.3 is 13.1 Å². The third kappa shape index (κ3) is 6.61. The number of unbranched alkanes of at least 4 members (excludes halogenated alkanes) is 2. The van der Waals surface area contributed by atoms with E-state index in [1.165, 1.54) is 12.1 Å². The average Bonchev–Trinajstić information content (AvgIpc) is 2.48. The van der Waals surface area contributed by atoms with Crippen LogP contribution in [0.4, 0.5) is 0 Å². The van der Waals surface area contributed by atoms with Crippen LogP contribution in [0.25, 0.3) is 0 Å². The predicted octanol–water partition coefficient (Wildman–Crippen LogP) is 4.64. The standard InChI is InChI=1S/C21H34O5S.Ca.2H/c1-8-9-10-11-17(19(23)24)27(25,26)14-12-15(20(2,3)4)18(22)16(13-14)21(5,6)7;;;/h12-13,17,22H,8-11H2,1-7H3,(H,23,24);;;/q;+2;2*-1. The van der Waals surface area contributed by atoms with Crippen molar-refractivity contribution in [3.05, 3.63) is 23.3 Å². The topological polar surface area (TPSA) is 91.7 Å². The smallest absolute Gasteiger partial charge is 1.00 e. The maximum Gasteiger partial charge on any atom is 2.00 e. The quantitative estimate of drug-likeness (QED) is 0.476. The van der Waals surface area contributed by atoms with E-state index in [0.717, 1.165) is 12.8 Å². The first-order valence-corrected chi connectivity index (χ1v) is 11.0. The van der Waals surface area contributed by atoms with Crippen LogP contribution in [-0.4, -0.2) is 67.6 Å². The van der Waals surface area contributed by atoms with Crippen LogP contribution >= 0.6 is 0 Å². The second-order valence-electron chi connectivity index (χ2n) is 9.23. The minimum Gasteiger partial charge on any atom is -1.00 e. The Labute approximate surface area is 202 Å². The minimum absolute atomic E-state index is 0. The summed E-state index contributed by atoms with van der Waals surface area (Å²) in [5.41, 5.74) is 0.0324. The van der Waals surface area contributed by atoms with E-state index in [9.17, 15) is 23.4 Å². The molecule has 1 aromatic rings. The number of phenolic OH excluding ortho intramolecular Hbond substituents is 1. The number of benzene rings is 1. The molecule has 5 nitrogen and oxygen atoms in total. The summed E-state index contributed by atoms with van der Waals surface area (Å²) in [6.45, 7) is 13.3. The van der Waals surface area contributed by atoms with Crippen molar-refractivity contribution in [2.75, 3.05) is 0 Å². The van der Waals surface area contributed by atoms with Crippen molar-refractivity contribution in [1.29, 1.82) is 0 Å². The number of carboxylic acid groups (broad SMARTS) is 1. The normalized spacial score (nSPS) is 13.7. The van der Waals surface area contributed by atoms with E-state index >= 15 is 0 Å². The molecule has 158 valence electrons. The van der Waals surface area contributed by atoms with Gasteiger partial charge in [0.25, 0.3) is 0 Å². The van der Waals surface area contributed by atoms with Gasteiger partial charge in [-0.25, -0.2) is 8.42 Å². The van der Waals surface area contributed by atoms with Crippen molar-refractivity contribution < 1.29 is 26.3 Å². The molecule has 0 fully saturated rings. The van der Waals surface area contributed by atoms with Crippen molar-refractivity contribution in [2.45, 2.75) is 95.1 Å². The Morgan fingerprint density at radius 1 is 1.04 bits per heavy atom. The molecule has 2 N–H and O–H groups in total. The molecule has 0 aliphatic heterocycles. The number of rotatable bonds is 7. The molecular weight excluding hydrogens is 404 g/mol. The first-order chi connectivity index (χ1) is 12.1. The Balaban J connectivity index is -0.00000243. The molecule has 0 aliphatic rings. The zero-order chi connectivity index (χ0) is 21.2. The summed E-state index contributed by atoms with van der Waals surface area (Å²) in [6, 6.07) is 2.88. The Morgan fingerprint density at radius 3 is 1.79 bits per heavy atom. The van der Waals surface area contributed by atoms with E-state index in [0.29, 0.717) is 17.5 Å². The van der Waals surface area contributed by atoms with E-state index in [4.69, 9.17) is 0 Å². The number of carboxylic acids is 1. The second-order valence-corrected chi connectivity index (χ2v) is 11.4. The fourth-order valence-electron chi connectivity index (χ4n) is 3.07. The Morgan fingerprint density at radius 2 is 1.46 bits per heavy atom. The van der Waals surface area contributed by atoms with Crippen molar-refractivity contribution in [3.8, 4) is 5.75 Å². The minimum atomic E-state index is -4.07. The Bertz CT molecular complexity index is 762. The van der Waals surface area contributed by atoms with Crippen LogP contribution < -0.4 is 0 Å². The molecule has 7 heteroatoms. The number of phenols is 1. The molecule has 0 heterocycles. The molecule has 0 aromatic heterocycles. The summed E-state index contributed by atoms with van der Waals surface area (Å²) in [6.07, 6.45) is 2.30. The second kappa shape index (κ2) is 10.1. The van der Waals surface area contributed by atoms with Crippen molar-refractivity contribution in [2.24, 2.45) is 0 Å². The monoisotopic (exact) mass is 440 g/mol. The SMILES string of the molecule is CCCCCC(C(=O)O)S(=O)(=O)c1cc(C(C)(C)C)c(O)c(C(C)(C)C)c1.[Ca+2].[H-].[H-]. The molecule has 0 aliphatic carbocycles. The van der Waals surface area contributed by atoms with Gasteiger partial charge in [0.15, 0.2) is 15.1 Å². The number of aromatic hydroxyl groups is 1. The number of sulfone groups is 1. The Hall–Kier alpha value is -0.300. The fourth-order valence-corrected chi connectivity index (χ4v) is 4.71. The molecule has 0 amide bonds. The van der Waals surface area contributed by atoms with Gasteiger partial charge in [0.2, 0.25) is 0 Å². The summed E-state index contributed by atoms with van der Waals surface area (Å²) in [5.74, 6) is -1.25. The van der Waals surface area contributed by atoms with Gasteiger partial charge in [-0.15, -0.1) is 0 Å². The molecule has 1 aromatic carbocycles. The maximum absolute atomic E-state index is 13.2. The van der Waals surface area contributed by atoms with Crippen LogP contribution in [0, 0.1) is 0 Å². The molecule has 1 rings (SSSR count). The van der Waals surface area contributed by atoms with E-state index in [2.05, 4.69) is 0 Å². The van der Waals surface area contributed by atoms with Gasteiger partial charge in [-0.05, 0) is 29.4 Å². The number of hydrogen-bond donors (Lipinski definition) is 2. The molecule has 0 spiro atoms. The summed E-state index contributed by atoms with van der Waals surface area (Å²) in [4.78, 5) is 11.7. The first-order valence-electron chi connectivity index (χ1n) is 9.48. The Kier molecular flexibility index (Phi) is 10.0. The van der Waals surface area contributed by atoms with Gasteiger partial charge in [-0.2, -0.15) is 0 Å². The molecular formula is C21H36CaO5S. The van der Waals surface area contributed by atoms with Gasteiger partial charge in [-0.3, -0.25) is 4.79 Å². The molecule has 0 saturated carbocycles. The number of carbonyl (C=O) groups is 1. The van der Waals surface area contributed by atoms with Gasteiger partial charge in [0, 0.05) is 11.1 Å². The third-order valence-corrected chi connectivity index (χ3v) is 6.83. The predicted molar refractivity (Wildman–Crippen MR) is 116 cm³/mol. The molecule has 0 bridgehead atoms. The van der Waals surface area contributed by atoms with Crippen LogP contribution in [0.2, 0.25) is 0 Å². The zero-order valence-corrected chi connectivity index (χ0v) is 21.3. The third-order valence-electron chi connectivity index (χ3n) is 4.75. The van der Waals surface area contributed by atoms with E-state index in [-0.39, 0.29) is 57.7 Å². The molecule has 28 heavy (non-hydrogen) atoms. The van der Waals surface area contributed by atoms with Crippen LogP contribution in [0.15, 0.2) is 17.0 Å². The van der Waals surface area contributed by atoms with Gasteiger partial charge >= 0.3 is 43.7 Å². The summed E-state index contributed by atoms with van der Waals surface area (Å²) < 4.78 is 26.4. The van der Waals surface area contributed by atoms with Crippen LogP contribution in [0.3, 0.4) is 0 Å². The van der Waals surface area contributed by atoms with E-state index in [1.807, 2.05) is 48.5 Å². The molecule has 1 unspecified atom stereocenters. The van der Waals surface area contributed by atoms with E-state index < -0.39 is 31.9 Å². The largest absolute Gasteiger partial charge is 2.00 e. The molecule has 0 saturated heterocycles. The van der Waals surface area contributed by atoms with Crippen LogP contribution in [-0.2, 0) is 25.5 Å². The fraction of sp³-hybridized carbons (Fsp3) is 0.667. The van der Waals surface area contributed by atoms with Gasteiger partial charge in [0.05, 0.1) is 4.90 Å². The van der Waals surface area contributed by atoms with Gasteiger partial charge in [-0.1, -0.05) is 67.7 Å². The van der Waals surface area contributed by atoms with Gasteiger partial charge in [0.1, 0.15) is 5.75 Å². The van der Waals surface area contributed by atoms with E-state index in [1.54, 1.807) is 0 Å². The summed E-state index contributed by atoms with van der Waals surface area (Å²) in [5, 5.41) is 18.8. The molecule has 0 radical (unpaired) electrons. The number of hydrogen-bond acceptors (Lipinski definition) is 4. The van der Waals surface area contributed by atoms with Crippen molar-refractivity contribution in [1.82, 2.24) is 0 Å². The average molecular weight is 441 g/mol. The van der Waals surface area contributed by atoms with Crippen LogP contribution in [0.1, 0.15) is 88.1 Å². The zero-order valence-electron chi connectivity index (χ0n) is 20.3. The summed E-state index contributed by atoms with van der Waals surface area (Å²) in [7, 11) is -4.07.